The third-order valence-electron chi connectivity index (χ3n) is 6.73. The molecule has 0 radical (unpaired) electrons. The molecule has 2 nitrogen and oxygen atoms in total. The Bertz CT molecular complexity index is 687. The summed E-state index contributed by atoms with van der Waals surface area (Å²) in [6, 6.07) is 10.2. The van der Waals surface area contributed by atoms with Gasteiger partial charge in [-0.1, -0.05) is 76.8 Å². The van der Waals surface area contributed by atoms with Crippen LogP contribution in [0, 0.1) is 0 Å². The van der Waals surface area contributed by atoms with Gasteiger partial charge in [0.2, 0.25) is 0 Å². The standard InChI is InChI=1S/C26H42N2/c1-3-4-5-6-7-8-9-10-11-12-19-28-20-17-24-16-15-23(22-26(24)28)21-25-14-13-18-27(25)2/h15-17,20,22,25H,3-14,18-19,21H2,1-2H3. The van der Waals surface area contributed by atoms with E-state index in [1.165, 1.54) is 113 Å². The number of nitrogens with zero attached hydrogens (tertiary/aromatic N) is 2. The average Bonchev–Trinajstić information content (AvgIpc) is 3.29. The second kappa shape index (κ2) is 11.7. The van der Waals surface area contributed by atoms with Crippen LogP contribution in [0.15, 0.2) is 30.5 Å². The number of likely N-dealkylation sites (tertiary alicyclic amines) is 1. The Balaban J connectivity index is 1.39. The highest BCUT2D eigenvalue weighted by molar-refractivity contribution is 5.80. The maximum Gasteiger partial charge on any atom is 0.0483 e. The predicted octanol–water partition coefficient (Wildman–Crippen LogP) is 7.20. The van der Waals surface area contributed by atoms with Crippen LogP contribution >= 0.6 is 0 Å². The number of unbranched alkanes of at least 4 members (excludes halogenated alkanes) is 9. The van der Waals surface area contributed by atoms with Gasteiger partial charge in [-0.25, -0.2) is 0 Å². The van der Waals surface area contributed by atoms with Gasteiger partial charge >= 0.3 is 0 Å². The van der Waals surface area contributed by atoms with Crippen LogP contribution in [-0.4, -0.2) is 29.1 Å². The van der Waals surface area contributed by atoms with E-state index in [4.69, 9.17) is 0 Å². The van der Waals surface area contributed by atoms with Crippen molar-refractivity contribution < 1.29 is 0 Å². The maximum atomic E-state index is 2.53. The number of likely N-dealkylation sites (N-methyl/N-ethyl adjacent to an activating group) is 1. The van der Waals surface area contributed by atoms with Crippen molar-refractivity contribution in [3.63, 3.8) is 0 Å². The predicted molar refractivity (Wildman–Crippen MR) is 123 cm³/mol. The molecule has 1 aromatic carbocycles. The van der Waals surface area contributed by atoms with E-state index < -0.39 is 0 Å². The molecule has 1 atom stereocenters. The largest absolute Gasteiger partial charge is 0.347 e. The summed E-state index contributed by atoms with van der Waals surface area (Å²) in [7, 11) is 2.28. The summed E-state index contributed by atoms with van der Waals surface area (Å²) in [6.45, 7) is 4.73. The van der Waals surface area contributed by atoms with Crippen LogP contribution in [-0.2, 0) is 13.0 Å². The molecular weight excluding hydrogens is 340 g/mol. The third-order valence-corrected chi connectivity index (χ3v) is 6.73. The van der Waals surface area contributed by atoms with Crippen LogP contribution < -0.4 is 0 Å². The Morgan fingerprint density at radius 1 is 0.893 bits per heavy atom. The number of benzene rings is 1. The van der Waals surface area contributed by atoms with Gasteiger partial charge in [-0.15, -0.1) is 0 Å². The van der Waals surface area contributed by atoms with Crippen LogP contribution in [0.3, 0.4) is 0 Å². The van der Waals surface area contributed by atoms with Gasteiger partial charge in [0.05, 0.1) is 0 Å². The molecule has 1 fully saturated rings. The lowest BCUT2D eigenvalue weighted by Gasteiger charge is -2.19. The quantitative estimate of drug-likeness (QED) is 0.333. The van der Waals surface area contributed by atoms with E-state index in [2.05, 4.69) is 53.9 Å². The molecule has 0 spiro atoms. The Hall–Kier alpha value is -1.28. The van der Waals surface area contributed by atoms with Gasteiger partial charge < -0.3 is 9.47 Å². The van der Waals surface area contributed by atoms with E-state index in [1.807, 2.05) is 0 Å². The third kappa shape index (κ3) is 6.37. The topological polar surface area (TPSA) is 8.17 Å². The molecule has 2 heteroatoms. The monoisotopic (exact) mass is 382 g/mol. The molecule has 1 aliphatic heterocycles. The highest BCUT2D eigenvalue weighted by atomic mass is 15.1. The number of hydrogen-bond donors (Lipinski definition) is 0. The van der Waals surface area contributed by atoms with Crippen LogP contribution in [0.25, 0.3) is 10.9 Å². The molecule has 156 valence electrons. The first-order valence-electron chi connectivity index (χ1n) is 12.1. The minimum atomic E-state index is 0.739. The molecular formula is C26H42N2. The molecule has 2 aromatic rings. The van der Waals surface area contributed by atoms with Crippen LogP contribution in [0.4, 0.5) is 0 Å². The molecule has 1 unspecified atom stereocenters. The van der Waals surface area contributed by atoms with Crippen molar-refractivity contribution in [1.82, 2.24) is 9.47 Å². The van der Waals surface area contributed by atoms with Crippen LogP contribution in [0.2, 0.25) is 0 Å². The lowest BCUT2D eigenvalue weighted by atomic mass is 10.0. The minimum Gasteiger partial charge on any atom is -0.347 e. The summed E-state index contributed by atoms with van der Waals surface area (Å²) in [5.41, 5.74) is 2.95. The molecule has 28 heavy (non-hydrogen) atoms. The minimum absolute atomic E-state index is 0.739. The highest BCUT2D eigenvalue weighted by Gasteiger charge is 2.21. The normalized spacial score (nSPS) is 17.7. The fourth-order valence-electron chi connectivity index (χ4n) is 4.83. The molecule has 2 heterocycles. The van der Waals surface area contributed by atoms with E-state index in [1.54, 1.807) is 0 Å². The molecule has 0 N–H and O–H groups in total. The maximum absolute atomic E-state index is 2.53. The summed E-state index contributed by atoms with van der Waals surface area (Å²) in [5, 5.41) is 1.40. The number of aryl methyl sites for hydroxylation is 1. The lowest BCUT2D eigenvalue weighted by Crippen LogP contribution is -2.26. The first-order chi connectivity index (χ1) is 13.8. The molecule has 1 aliphatic rings. The SMILES string of the molecule is CCCCCCCCCCCCn1ccc2ccc(CC3CCCN3C)cc21. The molecule has 0 bridgehead atoms. The van der Waals surface area contributed by atoms with Gasteiger partial charge in [-0.2, -0.15) is 0 Å². The molecule has 0 amide bonds. The van der Waals surface area contributed by atoms with E-state index in [0.29, 0.717) is 0 Å². The van der Waals surface area contributed by atoms with Gasteiger partial charge in [0.1, 0.15) is 0 Å². The van der Waals surface area contributed by atoms with Crippen LogP contribution in [0.5, 0.6) is 0 Å². The van der Waals surface area contributed by atoms with E-state index in [-0.39, 0.29) is 0 Å². The van der Waals surface area contributed by atoms with Crippen molar-refractivity contribution >= 4 is 10.9 Å². The van der Waals surface area contributed by atoms with E-state index >= 15 is 0 Å². The fraction of sp³-hybridized carbons (Fsp3) is 0.692. The Kier molecular flexibility index (Phi) is 8.92. The van der Waals surface area contributed by atoms with Gasteiger partial charge in [0.25, 0.3) is 0 Å². The molecule has 1 aromatic heterocycles. The summed E-state index contributed by atoms with van der Waals surface area (Å²) >= 11 is 0. The van der Waals surface area contributed by atoms with Gasteiger partial charge in [0, 0.05) is 24.3 Å². The fourth-order valence-corrected chi connectivity index (χ4v) is 4.83. The zero-order valence-electron chi connectivity index (χ0n) is 18.5. The van der Waals surface area contributed by atoms with E-state index in [0.717, 1.165) is 6.04 Å². The number of fused-ring (bicyclic) bond motifs is 1. The van der Waals surface area contributed by atoms with Gasteiger partial charge in [-0.3, -0.25) is 0 Å². The van der Waals surface area contributed by atoms with Crippen LogP contribution in [0.1, 0.15) is 89.5 Å². The average molecular weight is 383 g/mol. The molecule has 0 saturated carbocycles. The summed E-state index contributed by atoms with van der Waals surface area (Å²) < 4.78 is 2.49. The summed E-state index contributed by atoms with van der Waals surface area (Å²) in [4.78, 5) is 2.53. The second-order valence-corrected chi connectivity index (χ2v) is 9.07. The van der Waals surface area contributed by atoms with Gasteiger partial charge in [0.15, 0.2) is 0 Å². The highest BCUT2D eigenvalue weighted by Crippen LogP contribution is 2.23. The van der Waals surface area contributed by atoms with Crippen molar-refractivity contribution in [3.8, 4) is 0 Å². The van der Waals surface area contributed by atoms with Crippen molar-refractivity contribution in [2.45, 2.75) is 103 Å². The lowest BCUT2D eigenvalue weighted by molar-refractivity contribution is 0.309. The van der Waals surface area contributed by atoms with Crippen molar-refractivity contribution in [1.29, 1.82) is 0 Å². The van der Waals surface area contributed by atoms with E-state index in [9.17, 15) is 0 Å². The molecule has 0 aliphatic carbocycles. The number of aromatic nitrogens is 1. The Morgan fingerprint density at radius 2 is 1.61 bits per heavy atom. The first kappa shape index (κ1) is 21.4. The Labute approximate surface area is 173 Å². The zero-order valence-corrected chi connectivity index (χ0v) is 18.5. The second-order valence-electron chi connectivity index (χ2n) is 9.07. The molecule has 1 saturated heterocycles. The number of hydrogen-bond acceptors (Lipinski definition) is 1. The van der Waals surface area contributed by atoms with Gasteiger partial charge in [-0.05, 0) is 62.4 Å². The van der Waals surface area contributed by atoms with Crippen molar-refractivity contribution in [3.05, 3.63) is 36.0 Å². The number of rotatable bonds is 13. The molecule has 3 rings (SSSR count). The summed E-state index contributed by atoms with van der Waals surface area (Å²) in [5.74, 6) is 0. The van der Waals surface area contributed by atoms with Crippen molar-refractivity contribution in [2.75, 3.05) is 13.6 Å². The first-order valence-corrected chi connectivity index (χ1v) is 12.1. The summed E-state index contributed by atoms with van der Waals surface area (Å²) in [6.07, 6.45) is 20.3. The smallest absolute Gasteiger partial charge is 0.0483 e. The van der Waals surface area contributed by atoms with Crippen molar-refractivity contribution in [2.24, 2.45) is 0 Å². The zero-order chi connectivity index (χ0) is 19.6. The Morgan fingerprint density at radius 3 is 2.29 bits per heavy atom.